The van der Waals surface area contributed by atoms with Gasteiger partial charge in [0.25, 0.3) is 0 Å². The average Bonchev–Trinajstić information content (AvgIpc) is 3.12. The highest BCUT2D eigenvalue weighted by Crippen LogP contribution is 2.39. The number of aryl methyl sites for hydroxylation is 2. The van der Waals surface area contributed by atoms with Gasteiger partial charge < -0.3 is 4.90 Å². The quantitative estimate of drug-likeness (QED) is 0.865. The summed E-state index contributed by atoms with van der Waals surface area (Å²) in [6.07, 6.45) is 5.94. The summed E-state index contributed by atoms with van der Waals surface area (Å²) in [6.45, 7) is 6.97. The third kappa shape index (κ3) is 4.61. The number of carbonyl (C=O) groups is 1. The van der Waals surface area contributed by atoms with Crippen molar-refractivity contribution >= 4 is 5.91 Å². The number of carbonyl (C=O) groups excluding carboxylic acids is 1. The number of benzene rings is 1. The van der Waals surface area contributed by atoms with Crippen molar-refractivity contribution in [3.8, 4) is 0 Å². The van der Waals surface area contributed by atoms with Crippen molar-refractivity contribution in [2.24, 2.45) is 5.41 Å². The Kier molecular flexibility index (Phi) is 5.76. The van der Waals surface area contributed by atoms with Crippen LogP contribution in [0.5, 0.6) is 0 Å². The minimum absolute atomic E-state index is 0.252. The minimum Gasteiger partial charge on any atom is -0.342 e. The lowest BCUT2D eigenvalue weighted by Crippen LogP contribution is -2.53. The molecule has 2 fully saturated rings. The molecule has 1 aromatic heterocycles. The zero-order valence-corrected chi connectivity index (χ0v) is 16.9. The fourth-order valence-corrected chi connectivity index (χ4v) is 4.92. The molecule has 1 amide bonds. The summed E-state index contributed by atoms with van der Waals surface area (Å²) in [6, 6.07) is 10.7. The zero-order valence-electron chi connectivity index (χ0n) is 16.9. The molecular formula is C22H31N5O. The molecule has 1 unspecified atom stereocenters. The van der Waals surface area contributed by atoms with E-state index in [9.17, 15) is 4.79 Å². The summed E-state index contributed by atoms with van der Waals surface area (Å²) in [7, 11) is 0. The monoisotopic (exact) mass is 381 g/mol. The van der Waals surface area contributed by atoms with Crippen molar-refractivity contribution in [1.29, 1.82) is 0 Å². The lowest BCUT2D eigenvalue weighted by Gasteiger charge is -2.48. The Bertz CT molecular complexity index is 785. The van der Waals surface area contributed by atoms with Crippen LogP contribution in [0.2, 0.25) is 0 Å². The smallest absolute Gasteiger partial charge is 0.223 e. The Morgan fingerprint density at radius 2 is 1.93 bits per heavy atom. The second-order valence-corrected chi connectivity index (χ2v) is 8.56. The molecule has 2 aliphatic heterocycles. The number of hydrogen-bond acceptors (Lipinski definition) is 4. The molecular weight excluding hydrogens is 350 g/mol. The van der Waals surface area contributed by atoms with Crippen molar-refractivity contribution in [3.63, 3.8) is 0 Å². The van der Waals surface area contributed by atoms with E-state index in [0.29, 0.717) is 12.8 Å². The number of aromatic amines is 1. The number of H-pyrrole nitrogens is 1. The molecule has 28 heavy (non-hydrogen) atoms. The van der Waals surface area contributed by atoms with Crippen LogP contribution in [-0.4, -0.2) is 57.1 Å². The number of likely N-dealkylation sites (tertiary alicyclic amines) is 2. The summed E-state index contributed by atoms with van der Waals surface area (Å²) in [5, 5.41) is 7.00. The van der Waals surface area contributed by atoms with Gasteiger partial charge in [-0.15, -0.1) is 0 Å². The predicted octanol–water partition coefficient (Wildman–Crippen LogP) is 2.95. The van der Waals surface area contributed by atoms with Gasteiger partial charge in [0.05, 0.1) is 0 Å². The van der Waals surface area contributed by atoms with Crippen molar-refractivity contribution in [2.45, 2.75) is 52.0 Å². The highest BCUT2D eigenvalue weighted by atomic mass is 16.2. The van der Waals surface area contributed by atoms with Crippen LogP contribution in [0.1, 0.15) is 49.3 Å². The molecule has 0 radical (unpaired) electrons. The zero-order chi connectivity index (χ0) is 19.4. The van der Waals surface area contributed by atoms with Gasteiger partial charge in [0, 0.05) is 44.4 Å². The third-order valence-electron chi connectivity index (χ3n) is 6.21. The van der Waals surface area contributed by atoms with Gasteiger partial charge in [-0.25, -0.2) is 4.98 Å². The normalized spacial score (nSPS) is 23.2. The maximum atomic E-state index is 12.8. The molecule has 0 saturated carbocycles. The van der Waals surface area contributed by atoms with Crippen molar-refractivity contribution in [3.05, 3.63) is 47.5 Å². The summed E-state index contributed by atoms with van der Waals surface area (Å²) < 4.78 is 0. The molecule has 0 bridgehead atoms. The second kappa shape index (κ2) is 8.43. The highest BCUT2D eigenvalue weighted by molar-refractivity contribution is 5.76. The molecule has 2 aliphatic rings. The first-order valence-corrected chi connectivity index (χ1v) is 10.5. The first-order chi connectivity index (χ1) is 13.6. The van der Waals surface area contributed by atoms with Crippen molar-refractivity contribution < 1.29 is 4.79 Å². The standard InChI is InChI=1S/C22H31N5O/c1-18-23-20(25-24-18)9-10-21(28)27-14-6-12-22(17-27)11-5-13-26(16-22)15-19-7-3-2-4-8-19/h2-4,7-8H,5-6,9-17H2,1H3,(H,23,24,25). The number of nitrogens with one attached hydrogen (secondary N) is 1. The van der Waals surface area contributed by atoms with Gasteiger partial charge in [0.1, 0.15) is 5.82 Å². The lowest BCUT2D eigenvalue weighted by molar-refractivity contribution is -0.136. The Morgan fingerprint density at radius 1 is 1.14 bits per heavy atom. The van der Waals surface area contributed by atoms with E-state index >= 15 is 0 Å². The molecule has 1 N–H and O–H groups in total. The van der Waals surface area contributed by atoms with Crippen LogP contribution in [0.15, 0.2) is 30.3 Å². The van der Waals surface area contributed by atoms with E-state index in [1.165, 1.54) is 24.8 Å². The Labute approximate surface area is 167 Å². The van der Waals surface area contributed by atoms with E-state index < -0.39 is 0 Å². The number of piperidine rings is 2. The van der Waals surface area contributed by atoms with Crippen LogP contribution < -0.4 is 0 Å². The Morgan fingerprint density at radius 3 is 2.68 bits per heavy atom. The minimum atomic E-state index is 0.252. The third-order valence-corrected chi connectivity index (χ3v) is 6.21. The number of rotatable bonds is 5. The van der Waals surface area contributed by atoms with Gasteiger partial charge in [0.2, 0.25) is 5.91 Å². The first-order valence-electron chi connectivity index (χ1n) is 10.5. The molecule has 4 rings (SSSR count). The Hall–Kier alpha value is -2.21. The molecule has 1 aromatic carbocycles. The van der Waals surface area contributed by atoms with Crippen LogP contribution in [0, 0.1) is 12.3 Å². The summed E-state index contributed by atoms with van der Waals surface area (Å²) >= 11 is 0. The van der Waals surface area contributed by atoms with Crippen LogP contribution in [0.25, 0.3) is 0 Å². The Balaban J connectivity index is 1.34. The maximum Gasteiger partial charge on any atom is 0.223 e. The SMILES string of the molecule is Cc1nc(CCC(=O)N2CCCC3(CCCN(Cc4ccccc4)C3)C2)n[nH]1. The van der Waals surface area contributed by atoms with Gasteiger partial charge in [-0.2, -0.15) is 5.10 Å². The summed E-state index contributed by atoms with van der Waals surface area (Å²) in [5.74, 6) is 1.80. The number of amides is 1. The molecule has 2 saturated heterocycles. The molecule has 150 valence electrons. The van der Waals surface area contributed by atoms with Gasteiger partial charge >= 0.3 is 0 Å². The van der Waals surface area contributed by atoms with Crippen LogP contribution in [-0.2, 0) is 17.8 Å². The number of nitrogens with zero attached hydrogens (tertiary/aromatic N) is 4. The van der Waals surface area contributed by atoms with Crippen LogP contribution >= 0.6 is 0 Å². The molecule has 3 heterocycles. The predicted molar refractivity (Wildman–Crippen MR) is 109 cm³/mol. The largest absolute Gasteiger partial charge is 0.342 e. The van der Waals surface area contributed by atoms with Gasteiger partial charge in [-0.3, -0.25) is 14.8 Å². The maximum absolute atomic E-state index is 12.8. The van der Waals surface area contributed by atoms with Crippen LogP contribution in [0.4, 0.5) is 0 Å². The molecule has 0 aliphatic carbocycles. The van der Waals surface area contributed by atoms with E-state index in [1.54, 1.807) is 0 Å². The summed E-state index contributed by atoms with van der Waals surface area (Å²) in [4.78, 5) is 21.8. The van der Waals surface area contributed by atoms with E-state index in [-0.39, 0.29) is 11.3 Å². The first kappa shape index (κ1) is 19.1. The van der Waals surface area contributed by atoms with Crippen LogP contribution in [0.3, 0.4) is 0 Å². The second-order valence-electron chi connectivity index (χ2n) is 8.56. The van der Waals surface area contributed by atoms with Gasteiger partial charge in [0.15, 0.2) is 5.82 Å². The fourth-order valence-electron chi connectivity index (χ4n) is 4.92. The van der Waals surface area contributed by atoms with E-state index in [1.807, 2.05) is 6.92 Å². The number of hydrogen-bond donors (Lipinski definition) is 1. The average molecular weight is 382 g/mol. The van der Waals surface area contributed by atoms with Gasteiger partial charge in [-0.1, -0.05) is 30.3 Å². The molecule has 1 spiro atoms. The van der Waals surface area contributed by atoms with E-state index in [2.05, 4.69) is 55.3 Å². The fraction of sp³-hybridized carbons (Fsp3) is 0.591. The molecule has 6 heteroatoms. The highest BCUT2D eigenvalue weighted by Gasteiger charge is 2.40. The van der Waals surface area contributed by atoms with Crippen molar-refractivity contribution in [2.75, 3.05) is 26.2 Å². The van der Waals surface area contributed by atoms with E-state index in [0.717, 1.165) is 50.8 Å². The van der Waals surface area contributed by atoms with E-state index in [4.69, 9.17) is 0 Å². The number of aromatic nitrogens is 3. The summed E-state index contributed by atoms with van der Waals surface area (Å²) in [5.41, 5.74) is 1.65. The van der Waals surface area contributed by atoms with Gasteiger partial charge in [-0.05, 0) is 44.7 Å². The molecule has 1 atom stereocenters. The molecule has 6 nitrogen and oxygen atoms in total. The van der Waals surface area contributed by atoms with Crippen molar-refractivity contribution in [1.82, 2.24) is 25.0 Å². The topological polar surface area (TPSA) is 65.1 Å². The molecule has 2 aromatic rings. The lowest BCUT2D eigenvalue weighted by atomic mass is 9.73.